The largest absolute Gasteiger partial charge is 0.469 e. The molecule has 1 atom stereocenters. The van der Waals surface area contributed by atoms with Gasteiger partial charge in [-0.2, -0.15) is 0 Å². The normalized spacial score (nSPS) is 13.2. The third kappa shape index (κ3) is 40.3. The van der Waals surface area contributed by atoms with Crippen molar-refractivity contribution in [2.75, 3.05) is 13.2 Å². The summed E-state index contributed by atoms with van der Waals surface area (Å²) in [4.78, 5) is 42.8. The van der Waals surface area contributed by atoms with Crippen LogP contribution in [-0.4, -0.2) is 41.0 Å². The van der Waals surface area contributed by atoms with Crippen LogP contribution in [0.2, 0.25) is 0 Å². The summed E-state index contributed by atoms with van der Waals surface area (Å²) in [5.74, 6) is -0.945. The molecule has 0 amide bonds. The Morgan fingerprint density at radius 2 is 0.923 bits per heavy atom. The maximum absolute atomic E-state index is 12.4. The van der Waals surface area contributed by atoms with E-state index in [1.807, 2.05) is 0 Å². The zero-order valence-corrected chi connectivity index (χ0v) is 33.6. The lowest BCUT2D eigenvalue weighted by atomic mass is 10.1. The molecule has 0 aromatic rings. The van der Waals surface area contributed by atoms with E-state index in [4.69, 9.17) is 19.3 Å². The van der Waals surface area contributed by atoms with Gasteiger partial charge in [-0.1, -0.05) is 145 Å². The van der Waals surface area contributed by atoms with Crippen LogP contribution in [0.5, 0.6) is 0 Å². The summed E-state index contributed by atoms with van der Waals surface area (Å²) in [7, 11) is -4.77. The highest BCUT2D eigenvalue weighted by Gasteiger charge is 2.22. The highest BCUT2D eigenvalue weighted by Crippen LogP contribution is 2.36. The molecule has 0 saturated carbocycles. The third-order valence-electron chi connectivity index (χ3n) is 8.23. The average Bonchev–Trinajstić information content (AvgIpc) is 3.11. The number of allylic oxidation sites excluding steroid dienone is 12. The van der Waals surface area contributed by atoms with E-state index in [1.54, 1.807) is 0 Å². The zero-order chi connectivity index (χ0) is 38.2. The minimum atomic E-state index is -4.77. The summed E-state index contributed by atoms with van der Waals surface area (Å²) >= 11 is 0. The number of rotatable bonds is 36. The lowest BCUT2D eigenvalue weighted by Gasteiger charge is -2.18. The minimum absolute atomic E-state index is 0.167. The smallest absolute Gasteiger partial charge is 0.462 e. The van der Waals surface area contributed by atoms with Gasteiger partial charge in [0.15, 0.2) is 6.10 Å². The number of esters is 2. The molecule has 2 N–H and O–H groups in total. The van der Waals surface area contributed by atoms with Crippen molar-refractivity contribution in [3.8, 4) is 0 Å². The Morgan fingerprint density at radius 3 is 1.46 bits per heavy atom. The van der Waals surface area contributed by atoms with Crippen LogP contribution in [0.4, 0.5) is 0 Å². The van der Waals surface area contributed by atoms with Gasteiger partial charge >= 0.3 is 19.8 Å². The summed E-state index contributed by atoms with van der Waals surface area (Å²) < 4.78 is 26.3. The molecule has 0 spiro atoms. The van der Waals surface area contributed by atoms with E-state index in [0.717, 1.165) is 77.0 Å². The quantitative estimate of drug-likeness (QED) is 0.0214. The first-order chi connectivity index (χ1) is 25.3. The Bertz CT molecular complexity index is 1070. The molecular formula is C43H73O8P. The molecule has 0 heterocycles. The fourth-order valence-electron chi connectivity index (χ4n) is 5.17. The summed E-state index contributed by atoms with van der Waals surface area (Å²) in [5.41, 5.74) is 0. The van der Waals surface area contributed by atoms with Crippen molar-refractivity contribution < 1.29 is 37.9 Å². The summed E-state index contributed by atoms with van der Waals surface area (Å²) in [6.07, 6.45) is 49.0. The van der Waals surface area contributed by atoms with Crippen LogP contribution in [0.25, 0.3) is 0 Å². The molecule has 0 bridgehead atoms. The van der Waals surface area contributed by atoms with Gasteiger partial charge in [-0.15, -0.1) is 0 Å². The van der Waals surface area contributed by atoms with Gasteiger partial charge in [0.25, 0.3) is 0 Å². The summed E-state index contributed by atoms with van der Waals surface area (Å²) in [6, 6.07) is 0. The number of hydrogen-bond acceptors (Lipinski definition) is 6. The number of ether oxygens (including phenoxy) is 2. The van der Waals surface area contributed by atoms with Crippen molar-refractivity contribution in [1.29, 1.82) is 0 Å². The van der Waals surface area contributed by atoms with E-state index < -0.39 is 32.5 Å². The number of carbonyl (C=O) groups is 2. The molecule has 9 heteroatoms. The molecule has 0 fully saturated rings. The van der Waals surface area contributed by atoms with Gasteiger partial charge in [-0.05, 0) is 83.5 Å². The topological polar surface area (TPSA) is 119 Å². The molecule has 0 radical (unpaired) electrons. The highest BCUT2D eigenvalue weighted by atomic mass is 31.2. The van der Waals surface area contributed by atoms with Gasteiger partial charge in [0.1, 0.15) is 6.61 Å². The molecule has 0 rings (SSSR count). The van der Waals surface area contributed by atoms with Crippen molar-refractivity contribution in [2.24, 2.45) is 0 Å². The van der Waals surface area contributed by atoms with E-state index in [2.05, 4.69) is 91.3 Å². The second-order valence-electron chi connectivity index (χ2n) is 13.3. The molecule has 298 valence electrons. The van der Waals surface area contributed by atoms with Gasteiger partial charge < -0.3 is 19.3 Å². The van der Waals surface area contributed by atoms with Crippen molar-refractivity contribution in [1.82, 2.24) is 0 Å². The summed E-state index contributed by atoms with van der Waals surface area (Å²) in [5, 5.41) is 0. The average molecular weight is 749 g/mol. The van der Waals surface area contributed by atoms with Gasteiger partial charge in [0, 0.05) is 12.8 Å². The van der Waals surface area contributed by atoms with Crippen LogP contribution in [0.1, 0.15) is 168 Å². The van der Waals surface area contributed by atoms with E-state index in [0.29, 0.717) is 12.8 Å². The van der Waals surface area contributed by atoms with E-state index in [9.17, 15) is 14.2 Å². The van der Waals surface area contributed by atoms with E-state index in [1.165, 1.54) is 51.4 Å². The fraction of sp³-hybridized carbons (Fsp3) is 0.674. The van der Waals surface area contributed by atoms with Gasteiger partial charge in [0.2, 0.25) is 0 Å². The Kier molecular flexibility index (Phi) is 36.4. The molecule has 8 nitrogen and oxygen atoms in total. The molecule has 0 aromatic carbocycles. The molecule has 0 aromatic heterocycles. The fourth-order valence-corrected chi connectivity index (χ4v) is 5.53. The first kappa shape index (κ1) is 49.5. The Morgan fingerprint density at radius 1 is 0.519 bits per heavy atom. The standard InChI is InChI=1S/C43H73O8P/c1-3-5-7-9-11-13-15-17-19-20-21-22-24-26-28-30-32-34-36-38-43(45)51-41(40-50-52(46,47)48)39-49-42(44)37-35-33-31-29-27-25-23-18-16-14-12-10-8-6-4-2/h11,13-14,16-19,21-23,26,28,41H,3-10,12,15,20,24-25,27,29-40H2,1-2H3,(H2,46,47,48)/b13-11+,16-14+,19-17+,22-21+,23-18+,28-26+/t41-/m1/s1. The van der Waals surface area contributed by atoms with Crippen LogP contribution in [0, 0.1) is 0 Å². The van der Waals surface area contributed by atoms with Gasteiger partial charge in [-0.25, -0.2) is 4.57 Å². The predicted octanol–water partition coefficient (Wildman–Crippen LogP) is 12.3. The zero-order valence-electron chi connectivity index (χ0n) is 32.7. The first-order valence-corrected chi connectivity index (χ1v) is 21.8. The monoisotopic (exact) mass is 749 g/mol. The molecule has 0 aliphatic rings. The third-order valence-corrected chi connectivity index (χ3v) is 8.71. The number of carbonyl (C=O) groups excluding carboxylic acids is 2. The Hall–Kier alpha value is -2.51. The Balaban J connectivity index is 4.06. The first-order valence-electron chi connectivity index (χ1n) is 20.2. The molecule has 52 heavy (non-hydrogen) atoms. The molecule has 0 unspecified atom stereocenters. The number of unbranched alkanes of at least 4 members (excludes halogenated alkanes) is 15. The second kappa shape index (κ2) is 38.2. The number of phosphoric ester groups is 1. The van der Waals surface area contributed by atoms with Crippen molar-refractivity contribution >= 4 is 19.8 Å². The molecule has 0 aliphatic carbocycles. The van der Waals surface area contributed by atoms with Gasteiger partial charge in [-0.3, -0.25) is 14.1 Å². The van der Waals surface area contributed by atoms with Crippen LogP contribution in [0.15, 0.2) is 72.9 Å². The van der Waals surface area contributed by atoms with Crippen LogP contribution >= 0.6 is 7.82 Å². The molecular weight excluding hydrogens is 675 g/mol. The molecule has 0 saturated heterocycles. The van der Waals surface area contributed by atoms with Crippen LogP contribution in [0.3, 0.4) is 0 Å². The van der Waals surface area contributed by atoms with E-state index in [-0.39, 0.29) is 19.4 Å². The van der Waals surface area contributed by atoms with Crippen LogP contribution in [-0.2, 0) is 28.2 Å². The molecule has 0 aliphatic heterocycles. The summed E-state index contributed by atoms with van der Waals surface area (Å²) in [6.45, 7) is 3.58. The predicted molar refractivity (Wildman–Crippen MR) is 216 cm³/mol. The van der Waals surface area contributed by atoms with E-state index >= 15 is 0 Å². The second-order valence-corrected chi connectivity index (χ2v) is 14.5. The lowest BCUT2D eigenvalue weighted by Crippen LogP contribution is -2.29. The van der Waals surface area contributed by atoms with Crippen LogP contribution < -0.4 is 0 Å². The van der Waals surface area contributed by atoms with Crippen molar-refractivity contribution in [3.05, 3.63) is 72.9 Å². The lowest BCUT2D eigenvalue weighted by molar-refractivity contribution is -0.161. The number of hydrogen-bond donors (Lipinski definition) is 2. The van der Waals surface area contributed by atoms with Gasteiger partial charge in [0.05, 0.1) is 6.61 Å². The SMILES string of the molecule is CCCCC/C=C/C/C=C/C/C=C/C/C=C/CCCCCC(=O)O[C@H](COC(=O)CCCCCCC/C=C/C=C/CCCCCC)COP(=O)(O)O. The Labute approximate surface area is 317 Å². The maximum Gasteiger partial charge on any atom is 0.469 e. The van der Waals surface area contributed by atoms with Crippen molar-refractivity contribution in [2.45, 2.75) is 174 Å². The minimum Gasteiger partial charge on any atom is -0.462 e. The highest BCUT2D eigenvalue weighted by molar-refractivity contribution is 7.46. The number of phosphoric acid groups is 1. The maximum atomic E-state index is 12.4. The van der Waals surface area contributed by atoms with Crippen molar-refractivity contribution in [3.63, 3.8) is 0 Å².